The van der Waals surface area contributed by atoms with Crippen LogP contribution in [-0.2, 0) is 32.2 Å². The molecule has 0 amide bonds. The van der Waals surface area contributed by atoms with Crippen LogP contribution >= 0.6 is 0 Å². The lowest BCUT2D eigenvalue weighted by Gasteiger charge is -2.10. The summed E-state index contributed by atoms with van der Waals surface area (Å²) in [5, 5.41) is 0. The summed E-state index contributed by atoms with van der Waals surface area (Å²) in [6, 6.07) is 15.7. The quantitative estimate of drug-likeness (QED) is 0.839. The number of nitrogens with two attached hydrogens (primary N) is 1. The molecule has 0 spiro atoms. The van der Waals surface area contributed by atoms with E-state index in [9.17, 15) is 0 Å². The first-order valence-electron chi connectivity index (χ1n) is 7.65. The van der Waals surface area contributed by atoms with Crippen LogP contribution in [0.2, 0.25) is 0 Å². The van der Waals surface area contributed by atoms with Gasteiger partial charge in [-0.1, -0.05) is 56.3 Å². The van der Waals surface area contributed by atoms with Gasteiger partial charge >= 0.3 is 0 Å². The third-order valence-corrected chi connectivity index (χ3v) is 4.01. The number of benzene rings is 2. The van der Waals surface area contributed by atoms with Crippen molar-refractivity contribution in [3.63, 3.8) is 0 Å². The van der Waals surface area contributed by atoms with Gasteiger partial charge in [0.2, 0.25) is 0 Å². The predicted molar refractivity (Wildman–Crippen MR) is 86.9 cm³/mol. The molecule has 0 bridgehead atoms. The van der Waals surface area contributed by atoms with Crippen LogP contribution < -0.4 is 5.73 Å². The molecule has 0 radical (unpaired) electrons. The lowest BCUT2D eigenvalue weighted by Crippen LogP contribution is -2.04. The van der Waals surface area contributed by atoms with Gasteiger partial charge in [0.05, 0.1) is 0 Å². The topological polar surface area (TPSA) is 26.0 Å². The second kappa shape index (κ2) is 7.25. The van der Waals surface area contributed by atoms with Gasteiger partial charge in [-0.15, -0.1) is 0 Å². The van der Waals surface area contributed by atoms with Crippen molar-refractivity contribution in [3.8, 4) is 0 Å². The second-order valence-electron chi connectivity index (χ2n) is 5.33. The average molecular weight is 267 g/mol. The fraction of sp³-hybridized carbons (Fsp3) is 0.368. The molecule has 0 saturated heterocycles. The van der Waals surface area contributed by atoms with E-state index >= 15 is 0 Å². The van der Waals surface area contributed by atoms with E-state index in [1.54, 1.807) is 0 Å². The van der Waals surface area contributed by atoms with E-state index in [0.29, 0.717) is 6.54 Å². The molecule has 1 nitrogen and oxygen atoms in total. The first-order valence-corrected chi connectivity index (χ1v) is 7.65. The smallest absolute Gasteiger partial charge is 0.0180 e. The Kier molecular flexibility index (Phi) is 5.37. The van der Waals surface area contributed by atoms with Gasteiger partial charge in [-0.05, 0) is 53.5 Å². The Hall–Kier alpha value is -1.60. The standard InChI is InChI=1S/C19H25N/c1-3-15-5-7-17(8-6-15)10-12-18-11-9-16(4-2)13-19(18)14-20/h5-9,11,13H,3-4,10,12,14,20H2,1-2H3. The SMILES string of the molecule is CCc1ccc(CCc2ccc(CC)cc2CN)cc1. The molecule has 2 aromatic carbocycles. The molecule has 2 rings (SSSR count). The third-order valence-electron chi connectivity index (χ3n) is 4.01. The number of rotatable bonds is 6. The molecule has 2 N–H and O–H groups in total. The Bertz CT molecular complexity index is 540. The van der Waals surface area contributed by atoms with Gasteiger partial charge in [0, 0.05) is 6.54 Å². The molecule has 0 atom stereocenters. The highest BCUT2D eigenvalue weighted by molar-refractivity contribution is 5.33. The van der Waals surface area contributed by atoms with Gasteiger partial charge in [-0.2, -0.15) is 0 Å². The van der Waals surface area contributed by atoms with Crippen molar-refractivity contribution >= 4 is 0 Å². The van der Waals surface area contributed by atoms with Crippen LogP contribution in [0.5, 0.6) is 0 Å². The van der Waals surface area contributed by atoms with Crippen LogP contribution in [0, 0.1) is 0 Å². The van der Waals surface area contributed by atoms with Crippen molar-refractivity contribution in [1.82, 2.24) is 0 Å². The first-order chi connectivity index (χ1) is 9.76. The highest BCUT2D eigenvalue weighted by atomic mass is 14.5. The molecular formula is C19H25N. The van der Waals surface area contributed by atoms with Crippen molar-refractivity contribution in [3.05, 3.63) is 70.3 Å². The van der Waals surface area contributed by atoms with Crippen molar-refractivity contribution in [2.75, 3.05) is 0 Å². The summed E-state index contributed by atoms with van der Waals surface area (Å²) in [5.41, 5.74) is 12.8. The highest BCUT2D eigenvalue weighted by Crippen LogP contribution is 2.16. The summed E-state index contributed by atoms with van der Waals surface area (Å²) in [5.74, 6) is 0. The zero-order valence-corrected chi connectivity index (χ0v) is 12.7. The van der Waals surface area contributed by atoms with Gasteiger partial charge in [0.1, 0.15) is 0 Å². The minimum Gasteiger partial charge on any atom is -0.326 e. The molecule has 0 heterocycles. The monoisotopic (exact) mass is 267 g/mol. The average Bonchev–Trinajstić information content (AvgIpc) is 2.53. The van der Waals surface area contributed by atoms with Crippen molar-refractivity contribution in [2.45, 2.75) is 46.1 Å². The largest absolute Gasteiger partial charge is 0.326 e. The van der Waals surface area contributed by atoms with Crippen molar-refractivity contribution in [2.24, 2.45) is 5.73 Å². The molecule has 0 aliphatic rings. The van der Waals surface area contributed by atoms with E-state index in [-0.39, 0.29) is 0 Å². The first kappa shape index (κ1) is 14.8. The van der Waals surface area contributed by atoms with Crippen LogP contribution in [0.4, 0.5) is 0 Å². The van der Waals surface area contributed by atoms with E-state index in [1.807, 2.05) is 0 Å². The van der Waals surface area contributed by atoms with E-state index in [2.05, 4.69) is 56.3 Å². The van der Waals surface area contributed by atoms with E-state index in [1.165, 1.54) is 27.8 Å². The van der Waals surface area contributed by atoms with Crippen molar-refractivity contribution in [1.29, 1.82) is 0 Å². The van der Waals surface area contributed by atoms with Gasteiger partial charge in [0.15, 0.2) is 0 Å². The summed E-state index contributed by atoms with van der Waals surface area (Å²) in [6.07, 6.45) is 4.34. The maximum Gasteiger partial charge on any atom is 0.0180 e. The Morgan fingerprint density at radius 1 is 0.700 bits per heavy atom. The lowest BCUT2D eigenvalue weighted by molar-refractivity contribution is 0.914. The maximum atomic E-state index is 5.88. The third kappa shape index (κ3) is 3.71. The fourth-order valence-corrected chi connectivity index (χ4v) is 2.55. The van der Waals surface area contributed by atoms with Gasteiger partial charge < -0.3 is 5.73 Å². The van der Waals surface area contributed by atoms with Crippen LogP contribution in [0.25, 0.3) is 0 Å². The second-order valence-corrected chi connectivity index (χ2v) is 5.33. The minimum atomic E-state index is 0.637. The molecular weight excluding hydrogens is 242 g/mol. The van der Waals surface area contributed by atoms with Crippen molar-refractivity contribution < 1.29 is 0 Å². The van der Waals surface area contributed by atoms with Gasteiger partial charge in [-0.3, -0.25) is 0 Å². The molecule has 0 fully saturated rings. The Morgan fingerprint density at radius 3 is 1.90 bits per heavy atom. The number of aryl methyl sites for hydroxylation is 4. The summed E-state index contributed by atoms with van der Waals surface area (Å²) in [7, 11) is 0. The number of hydrogen-bond acceptors (Lipinski definition) is 1. The molecule has 0 aromatic heterocycles. The van der Waals surface area contributed by atoms with E-state index in [0.717, 1.165) is 25.7 Å². The Labute approximate surface area is 122 Å². The van der Waals surface area contributed by atoms with Crippen LogP contribution in [0.3, 0.4) is 0 Å². The Balaban J connectivity index is 2.05. The zero-order chi connectivity index (χ0) is 14.4. The van der Waals surface area contributed by atoms with Gasteiger partial charge in [0.25, 0.3) is 0 Å². The normalized spacial score (nSPS) is 10.8. The van der Waals surface area contributed by atoms with Gasteiger partial charge in [-0.25, -0.2) is 0 Å². The molecule has 106 valence electrons. The molecule has 0 saturated carbocycles. The molecule has 0 unspecified atom stereocenters. The minimum absolute atomic E-state index is 0.637. The molecule has 2 aromatic rings. The zero-order valence-electron chi connectivity index (χ0n) is 12.7. The summed E-state index contributed by atoms with van der Waals surface area (Å²) >= 11 is 0. The summed E-state index contributed by atoms with van der Waals surface area (Å²) in [4.78, 5) is 0. The number of hydrogen-bond donors (Lipinski definition) is 1. The van der Waals surface area contributed by atoms with Crippen LogP contribution in [0.15, 0.2) is 42.5 Å². The summed E-state index contributed by atoms with van der Waals surface area (Å²) < 4.78 is 0. The molecule has 0 aliphatic carbocycles. The fourth-order valence-electron chi connectivity index (χ4n) is 2.55. The predicted octanol–water partition coefficient (Wildman–Crippen LogP) is 4.06. The van der Waals surface area contributed by atoms with Crippen LogP contribution in [-0.4, -0.2) is 0 Å². The molecule has 20 heavy (non-hydrogen) atoms. The molecule has 0 aliphatic heterocycles. The van der Waals surface area contributed by atoms with Crippen LogP contribution in [0.1, 0.15) is 41.7 Å². The maximum absolute atomic E-state index is 5.88. The molecule has 1 heteroatoms. The van der Waals surface area contributed by atoms with E-state index in [4.69, 9.17) is 5.73 Å². The lowest BCUT2D eigenvalue weighted by atomic mass is 9.96. The van der Waals surface area contributed by atoms with E-state index < -0.39 is 0 Å². The Morgan fingerprint density at radius 2 is 1.30 bits per heavy atom. The highest BCUT2D eigenvalue weighted by Gasteiger charge is 2.03. The summed E-state index contributed by atoms with van der Waals surface area (Å²) in [6.45, 7) is 5.01.